The number of anilines is 1. The smallest absolute Gasteiger partial charge is 0.360 e. The van der Waals surface area contributed by atoms with Gasteiger partial charge in [0.1, 0.15) is 11.6 Å². The molecule has 20 heavy (non-hydrogen) atoms. The van der Waals surface area contributed by atoms with Crippen LogP contribution in [0.15, 0.2) is 0 Å². The first-order valence-corrected chi connectivity index (χ1v) is 7.05. The maximum absolute atomic E-state index is 11.6. The first kappa shape index (κ1) is 16.5. The van der Waals surface area contributed by atoms with Crippen LogP contribution in [0.1, 0.15) is 43.5 Å². The Kier molecular flexibility index (Phi) is 6.01. The molecule has 0 unspecified atom stereocenters. The van der Waals surface area contributed by atoms with Crippen molar-refractivity contribution in [2.45, 2.75) is 46.2 Å². The molecule has 1 rings (SSSR count). The molecule has 2 N–H and O–H groups in total. The van der Waals surface area contributed by atoms with Gasteiger partial charge in [0.25, 0.3) is 0 Å². The van der Waals surface area contributed by atoms with Crippen LogP contribution in [0.2, 0.25) is 0 Å². The molecular weight excluding hydrogens is 256 g/mol. The molecule has 6 heteroatoms. The van der Waals surface area contributed by atoms with E-state index in [1.165, 1.54) is 7.11 Å². The third-order valence-corrected chi connectivity index (χ3v) is 3.55. The second kappa shape index (κ2) is 7.28. The van der Waals surface area contributed by atoms with Gasteiger partial charge in [-0.05, 0) is 33.9 Å². The molecule has 114 valence electrons. The Bertz CT molecular complexity index is 454. The normalized spacial score (nSPS) is 11.3. The van der Waals surface area contributed by atoms with E-state index in [0.29, 0.717) is 11.9 Å². The summed E-state index contributed by atoms with van der Waals surface area (Å²) in [4.78, 5) is 18.2. The second-order valence-corrected chi connectivity index (χ2v) is 5.19. The molecule has 0 fully saturated rings. The summed E-state index contributed by atoms with van der Waals surface area (Å²) in [5.41, 5.74) is 6.24. The number of hydrogen-bond donors (Lipinski definition) is 1. The zero-order chi connectivity index (χ0) is 15.3. The van der Waals surface area contributed by atoms with Crippen LogP contribution < -0.4 is 5.73 Å². The number of rotatable bonds is 7. The van der Waals surface area contributed by atoms with Crippen molar-refractivity contribution in [3.05, 3.63) is 11.5 Å². The van der Waals surface area contributed by atoms with Crippen molar-refractivity contribution in [2.24, 2.45) is 0 Å². The van der Waals surface area contributed by atoms with E-state index in [9.17, 15) is 4.79 Å². The predicted molar refractivity (Wildman–Crippen MR) is 79.7 cm³/mol. The molecule has 6 nitrogen and oxygen atoms in total. The molecule has 1 aromatic heterocycles. The molecule has 1 aromatic rings. The van der Waals surface area contributed by atoms with Crippen LogP contribution in [0.25, 0.3) is 0 Å². The van der Waals surface area contributed by atoms with E-state index in [2.05, 4.69) is 30.8 Å². The summed E-state index contributed by atoms with van der Waals surface area (Å²) >= 11 is 0. The van der Waals surface area contributed by atoms with Crippen LogP contribution in [0.5, 0.6) is 0 Å². The monoisotopic (exact) mass is 282 g/mol. The molecule has 0 aliphatic heterocycles. The largest absolute Gasteiger partial charge is 0.464 e. The Balaban J connectivity index is 2.79. The van der Waals surface area contributed by atoms with E-state index in [4.69, 9.17) is 10.5 Å². The summed E-state index contributed by atoms with van der Waals surface area (Å²) in [5.74, 6) is 0.756. The number of nitrogens with zero attached hydrogens (tertiary/aromatic N) is 3. The average Bonchev–Trinajstić information content (AvgIpc) is 2.74. The number of carbonyl (C=O) groups excluding carboxylic acids is 1. The number of esters is 1. The van der Waals surface area contributed by atoms with Crippen molar-refractivity contribution in [1.82, 2.24) is 14.5 Å². The van der Waals surface area contributed by atoms with E-state index in [1.807, 2.05) is 11.5 Å². The number of nitrogens with two attached hydrogens (primary N) is 1. The third kappa shape index (κ3) is 3.72. The maximum Gasteiger partial charge on any atom is 0.360 e. The van der Waals surface area contributed by atoms with Gasteiger partial charge < -0.3 is 19.9 Å². The summed E-state index contributed by atoms with van der Waals surface area (Å²) in [6.07, 6.45) is 1.70. The van der Waals surface area contributed by atoms with Gasteiger partial charge in [0.2, 0.25) is 0 Å². The molecule has 0 bridgehead atoms. The number of aromatic nitrogens is 2. The Labute approximate surface area is 120 Å². The highest BCUT2D eigenvalue weighted by molar-refractivity contribution is 5.92. The molecule has 0 aromatic carbocycles. The van der Waals surface area contributed by atoms with Gasteiger partial charge in [0.15, 0.2) is 5.69 Å². The molecule has 0 saturated heterocycles. The maximum atomic E-state index is 11.6. The third-order valence-electron chi connectivity index (χ3n) is 3.55. The quantitative estimate of drug-likeness (QED) is 0.768. The van der Waals surface area contributed by atoms with Crippen molar-refractivity contribution < 1.29 is 9.53 Å². The van der Waals surface area contributed by atoms with Crippen LogP contribution in [0.3, 0.4) is 0 Å². The van der Waals surface area contributed by atoms with Gasteiger partial charge in [-0.25, -0.2) is 9.78 Å². The van der Waals surface area contributed by atoms with Crippen molar-refractivity contribution in [2.75, 3.05) is 26.4 Å². The first-order chi connectivity index (χ1) is 9.42. The van der Waals surface area contributed by atoms with Gasteiger partial charge in [-0.2, -0.15) is 0 Å². The van der Waals surface area contributed by atoms with Crippen molar-refractivity contribution in [3.63, 3.8) is 0 Å². The molecule has 0 amide bonds. The topological polar surface area (TPSA) is 73.4 Å². The van der Waals surface area contributed by atoms with Gasteiger partial charge in [-0.1, -0.05) is 6.92 Å². The lowest BCUT2D eigenvalue weighted by Crippen LogP contribution is -2.28. The van der Waals surface area contributed by atoms with E-state index < -0.39 is 5.97 Å². The SMILES string of the molecule is CCc1nc(C(=O)OC)c(N)n1CCCN(C)C(C)C. The molecule has 0 aliphatic rings. The Morgan fingerprint density at radius 1 is 1.50 bits per heavy atom. The summed E-state index contributed by atoms with van der Waals surface area (Å²) in [6.45, 7) is 8.07. The van der Waals surface area contributed by atoms with Crippen LogP contribution >= 0.6 is 0 Å². The minimum absolute atomic E-state index is 0.224. The predicted octanol–water partition coefficient (Wildman–Crippen LogP) is 1.54. The number of hydrogen-bond acceptors (Lipinski definition) is 5. The number of carbonyl (C=O) groups is 1. The lowest BCUT2D eigenvalue weighted by atomic mass is 10.3. The van der Waals surface area contributed by atoms with Crippen molar-refractivity contribution in [1.29, 1.82) is 0 Å². The Hall–Kier alpha value is -1.56. The highest BCUT2D eigenvalue weighted by atomic mass is 16.5. The van der Waals surface area contributed by atoms with E-state index in [1.54, 1.807) is 0 Å². The molecule has 0 atom stereocenters. The Morgan fingerprint density at radius 3 is 2.65 bits per heavy atom. The lowest BCUT2D eigenvalue weighted by molar-refractivity contribution is 0.0595. The highest BCUT2D eigenvalue weighted by Gasteiger charge is 2.20. The second-order valence-electron chi connectivity index (χ2n) is 5.19. The molecule has 0 aliphatic carbocycles. The number of imidazole rings is 1. The molecule has 0 saturated carbocycles. The average molecular weight is 282 g/mol. The fourth-order valence-electron chi connectivity index (χ4n) is 2.02. The van der Waals surface area contributed by atoms with Crippen molar-refractivity contribution in [3.8, 4) is 0 Å². The molecule has 1 heterocycles. The molecule has 0 radical (unpaired) electrons. The van der Waals surface area contributed by atoms with Gasteiger partial charge in [-0.15, -0.1) is 0 Å². The fourth-order valence-corrected chi connectivity index (χ4v) is 2.02. The zero-order valence-electron chi connectivity index (χ0n) is 13.1. The fraction of sp³-hybridized carbons (Fsp3) is 0.714. The van der Waals surface area contributed by atoms with Gasteiger partial charge in [0, 0.05) is 19.0 Å². The first-order valence-electron chi connectivity index (χ1n) is 7.05. The Morgan fingerprint density at radius 2 is 2.15 bits per heavy atom. The number of nitrogen functional groups attached to an aromatic ring is 1. The summed E-state index contributed by atoms with van der Waals surface area (Å²) < 4.78 is 6.62. The van der Waals surface area contributed by atoms with E-state index >= 15 is 0 Å². The van der Waals surface area contributed by atoms with E-state index in [-0.39, 0.29) is 5.69 Å². The van der Waals surface area contributed by atoms with Gasteiger partial charge in [0.05, 0.1) is 7.11 Å². The summed E-state index contributed by atoms with van der Waals surface area (Å²) in [6, 6.07) is 0.520. The lowest BCUT2D eigenvalue weighted by Gasteiger charge is -2.21. The van der Waals surface area contributed by atoms with Crippen molar-refractivity contribution >= 4 is 11.8 Å². The van der Waals surface area contributed by atoms with Crippen LogP contribution in [0.4, 0.5) is 5.82 Å². The zero-order valence-corrected chi connectivity index (χ0v) is 13.1. The number of aryl methyl sites for hydroxylation is 1. The number of methoxy groups -OCH3 is 1. The van der Waals surface area contributed by atoms with Crippen LogP contribution in [-0.4, -0.2) is 47.2 Å². The standard InChI is InChI=1S/C14H26N4O2/c1-6-11-16-12(14(19)20-5)13(15)18(11)9-7-8-17(4)10(2)3/h10H,6-9,15H2,1-5H3. The number of ether oxygens (including phenoxy) is 1. The van der Waals surface area contributed by atoms with Gasteiger partial charge >= 0.3 is 5.97 Å². The summed E-state index contributed by atoms with van der Waals surface area (Å²) in [5, 5.41) is 0. The molecular formula is C14H26N4O2. The molecule has 0 spiro atoms. The van der Waals surface area contributed by atoms with Crippen LogP contribution in [-0.2, 0) is 17.7 Å². The minimum atomic E-state index is -0.477. The summed E-state index contributed by atoms with van der Waals surface area (Å²) in [7, 11) is 3.44. The van der Waals surface area contributed by atoms with E-state index in [0.717, 1.165) is 31.8 Å². The van der Waals surface area contributed by atoms with Crippen LogP contribution in [0, 0.1) is 0 Å². The minimum Gasteiger partial charge on any atom is -0.464 e. The highest BCUT2D eigenvalue weighted by Crippen LogP contribution is 2.17. The van der Waals surface area contributed by atoms with Gasteiger partial charge in [-0.3, -0.25) is 0 Å².